The number of aromatic nitrogens is 3. The number of anilines is 2. The summed E-state index contributed by atoms with van der Waals surface area (Å²) in [7, 11) is 0. The third kappa shape index (κ3) is 5.45. The van der Waals surface area contributed by atoms with Crippen LogP contribution >= 0.6 is 23.2 Å². The topological polar surface area (TPSA) is 103 Å². The van der Waals surface area contributed by atoms with Crippen molar-refractivity contribution in [2.75, 3.05) is 11.9 Å². The van der Waals surface area contributed by atoms with Crippen LogP contribution in [0.4, 0.5) is 16.0 Å². The number of carbonyl (C=O) groups is 1. The van der Waals surface area contributed by atoms with Crippen LogP contribution in [0.3, 0.4) is 0 Å². The molecule has 10 heteroatoms. The van der Waals surface area contributed by atoms with Gasteiger partial charge in [-0.1, -0.05) is 35.3 Å². The summed E-state index contributed by atoms with van der Waals surface area (Å²) in [6.07, 6.45) is 1.58. The van der Waals surface area contributed by atoms with Gasteiger partial charge in [-0.3, -0.25) is 4.79 Å². The van der Waals surface area contributed by atoms with Crippen LogP contribution in [0.1, 0.15) is 33.4 Å². The van der Waals surface area contributed by atoms with Crippen LogP contribution in [0.5, 0.6) is 0 Å². The fraction of sp³-hybridized carbons (Fsp3) is 0.160. The number of hydrogen-bond acceptors (Lipinski definition) is 5. The summed E-state index contributed by atoms with van der Waals surface area (Å²) in [4.78, 5) is 25.0. The number of carbonyl (C=O) groups excluding carboxylic acids is 1. The first-order valence-corrected chi connectivity index (χ1v) is 11.4. The molecule has 2 heterocycles. The predicted molar refractivity (Wildman–Crippen MR) is 135 cm³/mol. The van der Waals surface area contributed by atoms with E-state index < -0.39 is 11.9 Å². The number of aliphatic hydroxyl groups excluding tert-OH is 1. The zero-order valence-electron chi connectivity index (χ0n) is 18.9. The molecule has 4 rings (SSSR count). The third-order valence-corrected chi connectivity index (χ3v) is 6.04. The number of hydrogen-bond donors (Lipinski definition) is 4. The number of rotatable bonds is 7. The van der Waals surface area contributed by atoms with E-state index in [1.165, 1.54) is 18.2 Å². The average molecular weight is 514 g/mol. The van der Waals surface area contributed by atoms with E-state index in [4.69, 9.17) is 23.2 Å². The number of aliphatic hydroxyl groups is 1. The van der Waals surface area contributed by atoms with Gasteiger partial charge in [0.1, 0.15) is 11.5 Å². The molecule has 1 amide bonds. The molecular weight excluding hydrogens is 492 g/mol. The summed E-state index contributed by atoms with van der Waals surface area (Å²) in [5, 5.41) is 16.4. The van der Waals surface area contributed by atoms with E-state index in [9.17, 15) is 14.3 Å². The van der Waals surface area contributed by atoms with Gasteiger partial charge >= 0.3 is 0 Å². The van der Waals surface area contributed by atoms with Crippen molar-refractivity contribution in [2.24, 2.45) is 0 Å². The van der Waals surface area contributed by atoms with Gasteiger partial charge in [-0.25, -0.2) is 14.4 Å². The van der Waals surface area contributed by atoms with Crippen LogP contribution in [-0.2, 0) is 0 Å². The van der Waals surface area contributed by atoms with E-state index in [0.29, 0.717) is 33.2 Å². The average Bonchev–Trinajstić information content (AvgIpc) is 3.13. The first kappa shape index (κ1) is 24.7. The number of halogens is 3. The lowest BCUT2D eigenvalue weighted by Crippen LogP contribution is -2.31. The van der Waals surface area contributed by atoms with E-state index in [0.717, 1.165) is 11.3 Å². The van der Waals surface area contributed by atoms with Crippen LogP contribution in [0.2, 0.25) is 10.0 Å². The van der Waals surface area contributed by atoms with Crippen molar-refractivity contribution in [1.82, 2.24) is 20.3 Å². The van der Waals surface area contributed by atoms with Gasteiger partial charge in [-0.15, -0.1) is 0 Å². The van der Waals surface area contributed by atoms with Crippen LogP contribution in [0.25, 0.3) is 11.3 Å². The van der Waals surface area contributed by atoms with E-state index >= 15 is 0 Å². The van der Waals surface area contributed by atoms with Crippen molar-refractivity contribution in [3.8, 4) is 11.3 Å². The SMILES string of the molecule is Cc1[nH]c(C(=O)NC(CO)c2cccc(Cl)c2)c(C)c1-c1ccnc(Nc2ccc(F)cc2Cl)n1. The summed E-state index contributed by atoms with van der Waals surface area (Å²) in [5.74, 6) is -0.553. The molecular formula is C25H22Cl2FN5O2. The Balaban J connectivity index is 1.60. The Bertz CT molecular complexity index is 1390. The van der Waals surface area contributed by atoms with Crippen LogP contribution in [0, 0.1) is 19.7 Å². The molecule has 0 aliphatic heterocycles. The van der Waals surface area contributed by atoms with Crippen molar-refractivity contribution < 1.29 is 14.3 Å². The fourth-order valence-corrected chi connectivity index (χ4v) is 4.23. The van der Waals surface area contributed by atoms with Crippen molar-refractivity contribution in [2.45, 2.75) is 19.9 Å². The molecule has 0 radical (unpaired) electrons. The van der Waals surface area contributed by atoms with Crippen molar-refractivity contribution >= 4 is 40.7 Å². The molecule has 1 atom stereocenters. The zero-order valence-corrected chi connectivity index (χ0v) is 20.4. The third-order valence-electron chi connectivity index (χ3n) is 5.49. The van der Waals surface area contributed by atoms with Crippen molar-refractivity contribution in [1.29, 1.82) is 0 Å². The molecule has 0 spiro atoms. The lowest BCUT2D eigenvalue weighted by atomic mass is 10.1. The molecule has 4 N–H and O–H groups in total. The molecule has 1 unspecified atom stereocenters. The highest BCUT2D eigenvalue weighted by Crippen LogP contribution is 2.30. The number of benzene rings is 2. The summed E-state index contributed by atoms with van der Waals surface area (Å²) >= 11 is 12.2. The Labute approximate surface area is 211 Å². The second-order valence-corrected chi connectivity index (χ2v) is 8.75. The second-order valence-electron chi connectivity index (χ2n) is 7.90. The molecule has 2 aromatic heterocycles. The lowest BCUT2D eigenvalue weighted by molar-refractivity contribution is 0.0911. The molecule has 0 aliphatic rings. The first-order valence-electron chi connectivity index (χ1n) is 10.7. The normalized spacial score (nSPS) is 11.8. The summed E-state index contributed by atoms with van der Waals surface area (Å²) in [6, 6.07) is 12.1. The number of aromatic amines is 1. The molecule has 4 aromatic rings. The Morgan fingerprint density at radius 2 is 1.97 bits per heavy atom. The smallest absolute Gasteiger partial charge is 0.268 e. The van der Waals surface area contributed by atoms with Crippen molar-refractivity contribution in [3.63, 3.8) is 0 Å². The van der Waals surface area contributed by atoms with Crippen LogP contribution < -0.4 is 10.6 Å². The van der Waals surface area contributed by atoms with Gasteiger partial charge in [0.25, 0.3) is 5.91 Å². The molecule has 2 aromatic carbocycles. The molecule has 0 saturated carbocycles. The number of nitrogens with one attached hydrogen (secondary N) is 3. The van der Waals surface area contributed by atoms with Crippen LogP contribution in [-0.4, -0.2) is 32.6 Å². The lowest BCUT2D eigenvalue weighted by Gasteiger charge is -2.17. The van der Waals surface area contributed by atoms with Gasteiger partial charge in [0.2, 0.25) is 5.95 Å². The maximum Gasteiger partial charge on any atom is 0.268 e. The van der Waals surface area contributed by atoms with E-state index in [2.05, 4.69) is 25.6 Å². The molecule has 0 saturated heterocycles. The Kier molecular flexibility index (Phi) is 7.35. The van der Waals surface area contributed by atoms with E-state index in [1.54, 1.807) is 36.5 Å². The quantitative estimate of drug-likeness (QED) is 0.252. The number of nitrogens with zero attached hydrogens (tertiary/aromatic N) is 2. The van der Waals surface area contributed by atoms with Gasteiger partial charge in [0.15, 0.2) is 0 Å². The Hall–Kier alpha value is -3.46. The molecule has 0 fully saturated rings. The van der Waals surface area contributed by atoms with Gasteiger partial charge in [0, 0.05) is 22.5 Å². The largest absolute Gasteiger partial charge is 0.394 e. The van der Waals surface area contributed by atoms with E-state index in [1.807, 2.05) is 13.8 Å². The monoisotopic (exact) mass is 513 g/mol. The number of aryl methyl sites for hydroxylation is 1. The molecule has 0 aliphatic carbocycles. The highest BCUT2D eigenvalue weighted by molar-refractivity contribution is 6.33. The predicted octanol–water partition coefficient (Wildman–Crippen LogP) is 5.74. The van der Waals surface area contributed by atoms with Gasteiger partial charge < -0.3 is 20.7 Å². The summed E-state index contributed by atoms with van der Waals surface area (Å²) in [6.45, 7) is 3.36. The minimum Gasteiger partial charge on any atom is -0.394 e. The minimum absolute atomic E-state index is 0.199. The van der Waals surface area contributed by atoms with Crippen molar-refractivity contribution in [3.05, 3.63) is 93.1 Å². The molecule has 7 nitrogen and oxygen atoms in total. The van der Waals surface area contributed by atoms with Gasteiger partial charge in [0.05, 0.1) is 29.1 Å². The summed E-state index contributed by atoms with van der Waals surface area (Å²) in [5.41, 5.74) is 4.26. The second kappa shape index (κ2) is 10.4. The maximum atomic E-state index is 13.3. The first-order chi connectivity index (χ1) is 16.8. The maximum absolute atomic E-state index is 13.3. The number of amides is 1. The van der Waals surface area contributed by atoms with Gasteiger partial charge in [-0.05, 0) is 61.4 Å². The highest BCUT2D eigenvalue weighted by atomic mass is 35.5. The fourth-order valence-electron chi connectivity index (χ4n) is 3.82. The molecule has 180 valence electrons. The van der Waals surface area contributed by atoms with Gasteiger partial charge in [-0.2, -0.15) is 0 Å². The zero-order chi connectivity index (χ0) is 25.1. The van der Waals surface area contributed by atoms with Crippen LogP contribution in [0.15, 0.2) is 54.7 Å². The molecule has 35 heavy (non-hydrogen) atoms. The standard InChI is InChI=1S/C25H22Cl2FN5O2/c1-13-22(20-8-9-29-25(33-20)32-19-7-6-17(28)11-18(19)27)14(2)30-23(13)24(35)31-21(12-34)15-4-3-5-16(26)10-15/h3-11,21,30,34H,12H2,1-2H3,(H,31,35)(H,29,32,33). The molecule has 0 bridgehead atoms. The summed E-state index contributed by atoms with van der Waals surface area (Å²) < 4.78 is 13.3. The Morgan fingerprint density at radius 1 is 1.17 bits per heavy atom. The Morgan fingerprint density at radius 3 is 2.69 bits per heavy atom. The number of H-pyrrole nitrogens is 1. The van der Waals surface area contributed by atoms with E-state index in [-0.39, 0.29) is 23.5 Å². The highest BCUT2D eigenvalue weighted by Gasteiger charge is 2.22. The minimum atomic E-state index is -0.622.